The Kier molecular flexibility index (Phi) is 8.98. The van der Waals surface area contributed by atoms with Crippen LogP contribution >= 0.6 is 0 Å². The molecule has 0 aromatic heterocycles. The summed E-state index contributed by atoms with van der Waals surface area (Å²) < 4.78 is 22.3. The molecule has 0 amide bonds. The van der Waals surface area contributed by atoms with E-state index in [0.29, 0.717) is 12.2 Å². The van der Waals surface area contributed by atoms with E-state index < -0.39 is 50.7 Å². The highest BCUT2D eigenvalue weighted by molar-refractivity contribution is 6.76. The lowest BCUT2D eigenvalue weighted by Crippen LogP contribution is -2.60. The molecule has 0 aliphatic carbocycles. The average molecular weight is 489 g/mol. The zero-order valence-corrected chi connectivity index (χ0v) is 20.6. The Hall–Kier alpha value is -2.56. The van der Waals surface area contributed by atoms with Gasteiger partial charge in [-0.3, -0.25) is 0 Å². The maximum absolute atomic E-state index is 12.6. The Balaban J connectivity index is 1.71. The van der Waals surface area contributed by atoms with Crippen molar-refractivity contribution in [3.8, 4) is 0 Å². The van der Waals surface area contributed by atoms with Gasteiger partial charge in [-0.05, 0) is 30.3 Å². The number of aliphatic hydroxyl groups is 2. The Bertz CT molecular complexity index is 931. The van der Waals surface area contributed by atoms with E-state index in [9.17, 15) is 19.8 Å². The minimum Gasteiger partial charge on any atom is -0.459 e. The molecule has 1 fully saturated rings. The largest absolute Gasteiger partial charge is 0.459 e. The molecule has 0 spiro atoms. The fraction of sp³-hybridized carbons (Fsp3) is 0.440. The zero-order valence-electron chi connectivity index (χ0n) is 19.6. The lowest BCUT2D eigenvalue weighted by atomic mass is 9.98. The fourth-order valence-electron chi connectivity index (χ4n) is 3.38. The molecular formula is C25H32O8Si. The van der Waals surface area contributed by atoms with Gasteiger partial charge in [0.25, 0.3) is 0 Å². The molecule has 0 bridgehead atoms. The van der Waals surface area contributed by atoms with Gasteiger partial charge in [0.1, 0.15) is 24.9 Å². The monoisotopic (exact) mass is 488 g/mol. The number of benzene rings is 2. The van der Waals surface area contributed by atoms with Crippen molar-refractivity contribution in [1.29, 1.82) is 0 Å². The molecule has 1 saturated heterocycles. The highest BCUT2D eigenvalue weighted by Crippen LogP contribution is 2.26. The Morgan fingerprint density at radius 1 is 0.882 bits per heavy atom. The van der Waals surface area contributed by atoms with E-state index in [1.807, 2.05) is 0 Å². The van der Waals surface area contributed by atoms with Gasteiger partial charge >= 0.3 is 11.9 Å². The van der Waals surface area contributed by atoms with Crippen molar-refractivity contribution in [3.05, 3.63) is 71.8 Å². The summed E-state index contributed by atoms with van der Waals surface area (Å²) in [6.45, 7) is 6.59. The van der Waals surface area contributed by atoms with E-state index >= 15 is 0 Å². The lowest BCUT2D eigenvalue weighted by Gasteiger charge is -2.41. The van der Waals surface area contributed by atoms with Crippen molar-refractivity contribution in [2.75, 3.05) is 13.2 Å². The highest BCUT2D eigenvalue weighted by Gasteiger charge is 2.48. The maximum atomic E-state index is 12.6. The van der Waals surface area contributed by atoms with E-state index in [-0.39, 0.29) is 12.2 Å². The maximum Gasteiger partial charge on any atom is 0.338 e. The molecule has 3 rings (SSSR count). The molecule has 0 radical (unpaired) electrons. The highest BCUT2D eigenvalue weighted by atomic mass is 28.3. The van der Waals surface area contributed by atoms with Crippen molar-refractivity contribution in [3.63, 3.8) is 0 Å². The van der Waals surface area contributed by atoms with Gasteiger partial charge in [0, 0.05) is 14.7 Å². The smallest absolute Gasteiger partial charge is 0.338 e. The summed E-state index contributed by atoms with van der Waals surface area (Å²) >= 11 is 0. The summed E-state index contributed by atoms with van der Waals surface area (Å²) in [5.41, 5.74) is 0.625. The third kappa shape index (κ3) is 7.22. The summed E-state index contributed by atoms with van der Waals surface area (Å²) in [4.78, 5) is 25.0. The number of esters is 2. The molecule has 1 heterocycles. The van der Waals surface area contributed by atoms with Crippen LogP contribution in [-0.4, -0.2) is 74.1 Å². The van der Waals surface area contributed by atoms with Crippen molar-refractivity contribution in [2.24, 2.45) is 0 Å². The second kappa shape index (κ2) is 11.7. The molecule has 2 N–H and O–H groups in total. The number of hydrogen-bond donors (Lipinski definition) is 2. The van der Waals surface area contributed by atoms with E-state index in [2.05, 4.69) is 19.6 Å². The topological polar surface area (TPSA) is 112 Å². The number of ether oxygens (including phenoxy) is 4. The molecule has 184 valence electrons. The molecule has 1 aliphatic heterocycles. The number of aliphatic hydroxyl groups excluding tert-OH is 2. The van der Waals surface area contributed by atoms with Gasteiger partial charge < -0.3 is 29.2 Å². The number of carbonyl (C=O) groups is 2. The van der Waals surface area contributed by atoms with Crippen LogP contribution in [0.4, 0.5) is 0 Å². The zero-order chi connectivity index (χ0) is 24.7. The van der Waals surface area contributed by atoms with E-state index in [0.717, 1.165) is 6.04 Å². The minimum atomic E-state index is -1.44. The molecule has 8 nitrogen and oxygen atoms in total. The Labute approximate surface area is 200 Å². The van der Waals surface area contributed by atoms with Crippen molar-refractivity contribution >= 4 is 20.0 Å². The molecule has 2 unspecified atom stereocenters. The van der Waals surface area contributed by atoms with Crippen LogP contribution in [0.2, 0.25) is 25.7 Å². The Morgan fingerprint density at radius 3 is 2.00 bits per heavy atom. The van der Waals surface area contributed by atoms with E-state index in [1.54, 1.807) is 60.7 Å². The first-order chi connectivity index (χ1) is 16.2. The van der Waals surface area contributed by atoms with Crippen LogP contribution in [0.15, 0.2) is 60.7 Å². The van der Waals surface area contributed by atoms with Crippen LogP contribution in [0, 0.1) is 0 Å². The van der Waals surface area contributed by atoms with Crippen molar-refractivity contribution in [2.45, 2.75) is 56.4 Å². The fourth-order valence-corrected chi connectivity index (χ4v) is 4.11. The van der Waals surface area contributed by atoms with Gasteiger partial charge in [0.05, 0.1) is 11.1 Å². The third-order valence-electron chi connectivity index (χ3n) is 5.42. The van der Waals surface area contributed by atoms with Gasteiger partial charge in [0.2, 0.25) is 0 Å². The molecule has 2 aromatic carbocycles. The van der Waals surface area contributed by atoms with Gasteiger partial charge in [-0.2, -0.15) is 0 Å². The molecule has 0 saturated carbocycles. The first kappa shape index (κ1) is 26.0. The van der Waals surface area contributed by atoms with Crippen LogP contribution in [0.1, 0.15) is 20.7 Å². The number of rotatable bonds is 9. The Morgan fingerprint density at radius 2 is 1.44 bits per heavy atom. The van der Waals surface area contributed by atoms with Gasteiger partial charge in [-0.25, -0.2) is 9.59 Å². The minimum absolute atomic E-state index is 0.275. The van der Waals surface area contributed by atoms with Gasteiger partial charge in [-0.1, -0.05) is 56.0 Å². The van der Waals surface area contributed by atoms with Crippen LogP contribution < -0.4 is 0 Å². The predicted molar refractivity (Wildman–Crippen MR) is 127 cm³/mol. The van der Waals surface area contributed by atoms with E-state index in [4.69, 9.17) is 18.9 Å². The van der Waals surface area contributed by atoms with Gasteiger partial charge in [-0.15, -0.1) is 0 Å². The second-order valence-electron chi connectivity index (χ2n) is 9.41. The van der Waals surface area contributed by atoms with Crippen LogP contribution in [0.5, 0.6) is 0 Å². The number of hydrogen-bond acceptors (Lipinski definition) is 8. The first-order valence-electron chi connectivity index (χ1n) is 11.3. The molecule has 1 aliphatic rings. The first-order valence-corrected chi connectivity index (χ1v) is 15.0. The summed E-state index contributed by atoms with van der Waals surface area (Å²) in [6.07, 6.45) is -6.43. The van der Waals surface area contributed by atoms with Crippen molar-refractivity contribution in [1.82, 2.24) is 0 Å². The van der Waals surface area contributed by atoms with E-state index in [1.165, 1.54) is 0 Å². The lowest BCUT2D eigenvalue weighted by molar-refractivity contribution is -0.299. The second-order valence-corrected chi connectivity index (χ2v) is 15.0. The van der Waals surface area contributed by atoms with Crippen LogP contribution in [0.25, 0.3) is 0 Å². The number of carbonyl (C=O) groups excluding carboxylic acids is 2. The molecule has 5 atom stereocenters. The molecule has 9 heteroatoms. The van der Waals surface area contributed by atoms with Crippen LogP contribution in [-0.2, 0) is 18.9 Å². The van der Waals surface area contributed by atoms with Crippen LogP contribution in [0.3, 0.4) is 0 Å². The summed E-state index contributed by atoms with van der Waals surface area (Å²) in [7, 11) is -1.42. The molecule has 2 aromatic rings. The van der Waals surface area contributed by atoms with Gasteiger partial charge in [0.15, 0.2) is 12.4 Å². The summed E-state index contributed by atoms with van der Waals surface area (Å²) in [6, 6.07) is 17.5. The third-order valence-corrected chi connectivity index (χ3v) is 7.12. The standard InChI is InChI=1S/C25H32O8Si/c1-34(2,3)15-14-30-25-21(27)22(33-24(29)18-12-8-5-9-13-18)20(26)19(32-25)16-31-23(28)17-10-6-4-7-11-17/h4-13,19-22,25-27H,14-16H2,1-3H3/t19?,20-,21-,22?,25+/m0/s1. The molecular weight excluding hydrogens is 456 g/mol. The average Bonchev–Trinajstić information content (AvgIpc) is 2.82. The molecule has 34 heavy (non-hydrogen) atoms. The SMILES string of the molecule is C[Si](C)(C)CCO[C@@H]1OC(COC(=O)c2ccccc2)[C@H](O)C(OC(=O)c2ccccc2)[C@@H]1O. The van der Waals surface area contributed by atoms with Crippen molar-refractivity contribution < 1.29 is 38.7 Å². The predicted octanol–water partition coefficient (Wildman–Crippen LogP) is 2.87. The normalized spacial score (nSPS) is 24.9. The quantitative estimate of drug-likeness (QED) is 0.409. The summed E-state index contributed by atoms with van der Waals surface area (Å²) in [5, 5.41) is 21.7. The summed E-state index contributed by atoms with van der Waals surface area (Å²) in [5.74, 6) is -1.29.